The van der Waals surface area contributed by atoms with Crippen LogP contribution in [0.3, 0.4) is 0 Å². The van der Waals surface area contributed by atoms with Crippen molar-refractivity contribution >= 4 is 19.8 Å². The zero-order valence-corrected chi connectivity index (χ0v) is 53.0. The SMILES string of the molecule is CCCCCCC/C=C\C/C=C\CCCCCCCCCCCCCCCCCC(=O)OCC(COP(=O)([O-])OCC[N+](C)(C)C)OC(=O)CCCCCCCCCCCCCCCCC/C=C\C/C=C\CCCCCCC. The topological polar surface area (TPSA) is 111 Å². The van der Waals surface area contributed by atoms with Crippen molar-refractivity contribution in [3.05, 3.63) is 48.6 Å². The quantitative estimate of drug-likeness (QED) is 0.0195. The first-order chi connectivity index (χ1) is 38.0. The number of phosphoric ester groups is 1. The Morgan fingerprint density at radius 3 is 1.01 bits per heavy atom. The van der Waals surface area contributed by atoms with Crippen molar-refractivity contribution in [2.45, 2.75) is 328 Å². The second-order valence-electron chi connectivity index (χ2n) is 23.8. The van der Waals surface area contributed by atoms with E-state index in [2.05, 4.69) is 62.5 Å². The Morgan fingerprint density at radius 2 is 0.692 bits per heavy atom. The van der Waals surface area contributed by atoms with Crippen LogP contribution in [0.25, 0.3) is 0 Å². The van der Waals surface area contributed by atoms with E-state index in [0.29, 0.717) is 17.4 Å². The minimum atomic E-state index is -4.64. The van der Waals surface area contributed by atoms with Crippen molar-refractivity contribution in [3.8, 4) is 0 Å². The predicted octanol–water partition coefficient (Wildman–Crippen LogP) is 20.6. The molecule has 0 radical (unpaired) electrons. The maximum Gasteiger partial charge on any atom is 0.306 e. The summed E-state index contributed by atoms with van der Waals surface area (Å²) in [5, 5.41) is 0. The van der Waals surface area contributed by atoms with Crippen LogP contribution in [0.1, 0.15) is 322 Å². The first kappa shape index (κ1) is 76.0. The third-order valence-electron chi connectivity index (χ3n) is 14.8. The van der Waals surface area contributed by atoms with Gasteiger partial charge < -0.3 is 27.9 Å². The molecule has 0 aromatic heterocycles. The normalized spacial score (nSPS) is 13.5. The molecule has 0 aliphatic carbocycles. The molecular formula is C68H128NO8P. The van der Waals surface area contributed by atoms with Gasteiger partial charge in [-0.15, -0.1) is 0 Å². The minimum Gasteiger partial charge on any atom is -0.756 e. The number of likely N-dealkylation sites (N-methyl/N-ethyl adjacent to an activating group) is 1. The smallest absolute Gasteiger partial charge is 0.306 e. The Balaban J connectivity index is 4.05. The molecule has 78 heavy (non-hydrogen) atoms. The fourth-order valence-corrected chi connectivity index (χ4v) is 10.4. The number of nitrogens with zero attached hydrogens (tertiary/aromatic N) is 1. The summed E-state index contributed by atoms with van der Waals surface area (Å²) in [6.45, 7) is 4.27. The second kappa shape index (κ2) is 59.6. The molecule has 0 fully saturated rings. The average molecular weight is 1120 g/mol. The lowest BCUT2D eigenvalue weighted by atomic mass is 10.0. The van der Waals surface area contributed by atoms with Crippen molar-refractivity contribution in [3.63, 3.8) is 0 Å². The summed E-state index contributed by atoms with van der Waals surface area (Å²) in [7, 11) is 1.18. The Morgan fingerprint density at radius 1 is 0.397 bits per heavy atom. The maximum atomic E-state index is 12.8. The van der Waals surface area contributed by atoms with Gasteiger partial charge in [-0.05, 0) is 77.0 Å². The standard InChI is InChI=1S/C68H128NO8P/c1-6-8-10-12-14-16-18-20-22-24-26-28-30-32-34-36-38-40-42-44-46-48-50-52-54-56-58-60-67(70)74-64-66(65-76-78(72,73)75-63-62-69(3,4)5)77-68(71)61-59-57-55-53-51-49-47-45-43-41-39-37-35-33-31-29-27-25-23-21-19-17-15-13-11-9-7-2/h18-21,24-27,66H,6-17,22-23,28-65H2,1-5H3/b20-18-,21-19-,26-24-,27-25-. The van der Waals surface area contributed by atoms with E-state index in [1.165, 1.54) is 238 Å². The molecule has 0 saturated heterocycles. The van der Waals surface area contributed by atoms with Gasteiger partial charge >= 0.3 is 11.9 Å². The summed E-state index contributed by atoms with van der Waals surface area (Å²) >= 11 is 0. The van der Waals surface area contributed by atoms with Gasteiger partial charge in [0, 0.05) is 12.8 Å². The second-order valence-corrected chi connectivity index (χ2v) is 25.2. The van der Waals surface area contributed by atoms with Crippen LogP contribution in [0.4, 0.5) is 0 Å². The van der Waals surface area contributed by atoms with E-state index in [0.717, 1.165) is 51.4 Å². The lowest BCUT2D eigenvalue weighted by molar-refractivity contribution is -0.870. The van der Waals surface area contributed by atoms with Crippen LogP contribution in [0, 0.1) is 0 Å². The molecule has 0 N–H and O–H groups in total. The number of carbonyl (C=O) groups excluding carboxylic acids is 2. The van der Waals surface area contributed by atoms with Crippen LogP contribution >= 0.6 is 7.82 Å². The molecule has 0 spiro atoms. The largest absolute Gasteiger partial charge is 0.756 e. The van der Waals surface area contributed by atoms with Gasteiger partial charge in [-0.1, -0.05) is 281 Å². The zero-order chi connectivity index (χ0) is 57.0. The predicted molar refractivity (Wildman–Crippen MR) is 333 cm³/mol. The molecule has 0 aromatic rings. The highest BCUT2D eigenvalue weighted by atomic mass is 31.2. The van der Waals surface area contributed by atoms with Crippen LogP contribution in [-0.2, 0) is 32.7 Å². The van der Waals surface area contributed by atoms with E-state index in [1.54, 1.807) is 0 Å². The molecule has 2 atom stereocenters. The molecule has 0 saturated carbocycles. The van der Waals surface area contributed by atoms with Crippen LogP contribution in [0.5, 0.6) is 0 Å². The fourth-order valence-electron chi connectivity index (χ4n) is 9.66. The summed E-state index contributed by atoms with van der Waals surface area (Å²) in [5.41, 5.74) is 0. The maximum absolute atomic E-state index is 12.8. The van der Waals surface area contributed by atoms with Crippen molar-refractivity contribution < 1.29 is 42.1 Å². The van der Waals surface area contributed by atoms with Gasteiger partial charge in [-0.3, -0.25) is 14.2 Å². The van der Waals surface area contributed by atoms with Gasteiger partial charge in [0.1, 0.15) is 19.8 Å². The summed E-state index contributed by atoms with van der Waals surface area (Å²) in [5.74, 6) is -0.819. The summed E-state index contributed by atoms with van der Waals surface area (Å²) in [6.07, 6.45) is 76.0. The Labute approximate surface area is 484 Å². The number of phosphoric acid groups is 1. The molecule has 10 heteroatoms. The van der Waals surface area contributed by atoms with Gasteiger partial charge in [0.15, 0.2) is 6.10 Å². The number of ether oxygens (including phenoxy) is 2. The number of carbonyl (C=O) groups is 2. The van der Waals surface area contributed by atoms with Gasteiger partial charge in [0.25, 0.3) is 7.82 Å². The lowest BCUT2D eigenvalue weighted by Gasteiger charge is -2.28. The van der Waals surface area contributed by atoms with E-state index in [-0.39, 0.29) is 32.0 Å². The van der Waals surface area contributed by atoms with E-state index in [9.17, 15) is 19.0 Å². The fraction of sp³-hybridized carbons (Fsp3) is 0.853. The van der Waals surface area contributed by atoms with Crippen molar-refractivity contribution in [2.75, 3.05) is 47.5 Å². The number of allylic oxidation sites excluding steroid dienone is 8. The van der Waals surface area contributed by atoms with Crippen molar-refractivity contribution in [1.29, 1.82) is 0 Å². The zero-order valence-electron chi connectivity index (χ0n) is 52.1. The van der Waals surface area contributed by atoms with E-state index in [1.807, 2.05) is 21.1 Å². The lowest BCUT2D eigenvalue weighted by Crippen LogP contribution is -2.37. The van der Waals surface area contributed by atoms with Crippen molar-refractivity contribution in [1.82, 2.24) is 0 Å². The molecule has 0 bridgehead atoms. The molecule has 0 aromatic carbocycles. The molecule has 0 amide bonds. The van der Waals surface area contributed by atoms with Crippen LogP contribution in [0.15, 0.2) is 48.6 Å². The Kier molecular flexibility index (Phi) is 58.0. The summed E-state index contributed by atoms with van der Waals surface area (Å²) in [4.78, 5) is 38.0. The molecule has 0 aliphatic rings. The van der Waals surface area contributed by atoms with Crippen LogP contribution < -0.4 is 4.89 Å². The van der Waals surface area contributed by atoms with Gasteiger partial charge in [-0.2, -0.15) is 0 Å². The van der Waals surface area contributed by atoms with Crippen molar-refractivity contribution in [2.24, 2.45) is 0 Å². The first-order valence-electron chi connectivity index (χ1n) is 33.3. The van der Waals surface area contributed by atoms with E-state index >= 15 is 0 Å². The van der Waals surface area contributed by atoms with Gasteiger partial charge in [0.05, 0.1) is 27.7 Å². The molecular weight excluding hydrogens is 990 g/mol. The highest BCUT2D eigenvalue weighted by molar-refractivity contribution is 7.45. The third kappa shape index (κ3) is 63.2. The average Bonchev–Trinajstić information content (AvgIpc) is 3.41. The van der Waals surface area contributed by atoms with Gasteiger partial charge in [-0.25, -0.2) is 0 Å². The number of hydrogen-bond donors (Lipinski definition) is 0. The third-order valence-corrected chi connectivity index (χ3v) is 15.8. The minimum absolute atomic E-state index is 0.0298. The molecule has 0 aliphatic heterocycles. The number of hydrogen-bond acceptors (Lipinski definition) is 8. The summed E-state index contributed by atoms with van der Waals surface area (Å²) in [6, 6.07) is 0. The first-order valence-corrected chi connectivity index (χ1v) is 34.8. The number of quaternary nitrogens is 1. The van der Waals surface area contributed by atoms with E-state index < -0.39 is 26.5 Å². The Hall–Kier alpha value is -2.03. The van der Waals surface area contributed by atoms with Gasteiger partial charge in [0.2, 0.25) is 0 Å². The molecule has 0 rings (SSSR count). The number of esters is 2. The van der Waals surface area contributed by atoms with Crippen LogP contribution in [0.2, 0.25) is 0 Å². The summed E-state index contributed by atoms with van der Waals surface area (Å²) < 4.78 is 34.3. The molecule has 458 valence electrons. The molecule has 2 unspecified atom stereocenters. The molecule has 9 nitrogen and oxygen atoms in total. The van der Waals surface area contributed by atoms with E-state index in [4.69, 9.17) is 18.5 Å². The Bertz CT molecular complexity index is 1460. The highest BCUT2D eigenvalue weighted by Gasteiger charge is 2.22. The van der Waals surface area contributed by atoms with Crippen LogP contribution in [-0.4, -0.2) is 70.0 Å². The highest BCUT2D eigenvalue weighted by Crippen LogP contribution is 2.38. The number of unbranched alkanes of at least 4 members (excludes halogenated alkanes) is 40. The number of rotatable bonds is 62. The molecule has 0 heterocycles. The monoisotopic (exact) mass is 1120 g/mol.